The minimum Gasteiger partial charge on any atom is -0.598 e. The van der Waals surface area contributed by atoms with Crippen molar-refractivity contribution in [3.05, 3.63) is 22.9 Å². The third-order valence-corrected chi connectivity index (χ3v) is 6.59. The van der Waals surface area contributed by atoms with Crippen molar-refractivity contribution in [2.45, 2.75) is 70.8 Å². The van der Waals surface area contributed by atoms with Crippen LogP contribution in [0.2, 0.25) is 0 Å². The zero-order valence-electron chi connectivity index (χ0n) is 15.7. The first-order chi connectivity index (χ1) is 11.7. The minimum atomic E-state index is -1.20. The molecule has 1 amide bonds. The number of rotatable bonds is 4. The number of aromatic nitrogens is 1. The summed E-state index contributed by atoms with van der Waals surface area (Å²) in [5.41, 5.74) is 2.45. The molecule has 138 valence electrons. The fraction of sp³-hybridized carbons (Fsp3) is 0.667. The second-order valence-corrected chi connectivity index (χ2v) is 9.98. The van der Waals surface area contributed by atoms with Crippen molar-refractivity contribution in [3.8, 4) is 0 Å². The lowest BCUT2D eigenvalue weighted by Crippen LogP contribution is -2.41. The van der Waals surface area contributed by atoms with Crippen molar-refractivity contribution >= 4 is 23.1 Å². The second-order valence-electron chi connectivity index (χ2n) is 7.98. The number of amides is 1. The number of anilines is 1. The summed E-state index contributed by atoms with van der Waals surface area (Å²) in [6, 6.07) is 2.14. The van der Waals surface area contributed by atoms with Crippen LogP contribution in [0.15, 0.2) is 6.07 Å². The van der Waals surface area contributed by atoms with Crippen LogP contribution in [0, 0.1) is 0 Å². The molecule has 0 radical (unpaired) electrons. The Balaban J connectivity index is 1.96. The van der Waals surface area contributed by atoms with Crippen LogP contribution in [0.3, 0.4) is 0 Å². The number of hydrogen-bond acceptors (Lipinski definition) is 5. The van der Waals surface area contributed by atoms with Crippen LogP contribution in [-0.2, 0) is 17.9 Å². The molecule has 1 saturated heterocycles. The van der Waals surface area contributed by atoms with E-state index in [1.165, 1.54) is 0 Å². The van der Waals surface area contributed by atoms with Gasteiger partial charge in [-0.05, 0) is 53.5 Å². The number of nitrogens with zero attached hydrogens (tertiary/aromatic N) is 2. The van der Waals surface area contributed by atoms with Gasteiger partial charge in [-0.3, -0.25) is 4.79 Å². The normalized spacial score (nSPS) is 22.7. The van der Waals surface area contributed by atoms with Gasteiger partial charge >= 0.3 is 0 Å². The fourth-order valence-corrected chi connectivity index (χ4v) is 4.19. The SMILES string of the molecule is CC(N[S@@+]([O-])C(C)(C)C)c1nc(N2CCC[C@H]2C)cc2c1CNC2=O. The predicted molar refractivity (Wildman–Crippen MR) is 101 cm³/mol. The summed E-state index contributed by atoms with van der Waals surface area (Å²) in [4.78, 5) is 19.4. The highest BCUT2D eigenvalue weighted by atomic mass is 32.2. The lowest BCUT2D eigenvalue weighted by atomic mass is 10.0. The van der Waals surface area contributed by atoms with Crippen molar-refractivity contribution in [2.75, 3.05) is 11.4 Å². The Kier molecular flexibility index (Phi) is 5.01. The lowest BCUT2D eigenvalue weighted by molar-refractivity contribution is 0.0965. The summed E-state index contributed by atoms with van der Waals surface area (Å²) in [5, 5.41) is 2.89. The molecule has 3 heterocycles. The average molecular weight is 365 g/mol. The summed E-state index contributed by atoms with van der Waals surface area (Å²) < 4.78 is 15.3. The van der Waals surface area contributed by atoms with Gasteiger partial charge in [0, 0.05) is 41.6 Å². The van der Waals surface area contributed by atoms with Gasteiger partial charge in [0.2, 0.25) is 0 Å². The van der Waals surface area contributed by atoms with E-state index in [2.05, 4.69) is 21.9 Å². The number of pyridine rings is 1. The fourth-order valence-electron chi connectivity index (χ4n) is 3.40. The predicted octanol–water partition coefficient (Wildman–Crippen LogP) is 2.43. The average Bonchev–Trinajstić information content (AvgIpc) is 3.12. The van der Waals surface area contributed by atoms with Gasteiger partial charge in [-0.1, -0.05) is 0 Å². The van der Waals surface area contributed by atoms with Crippen molar-refractivity contribution in [1.82, 2.24) is 15.0 Å². The van der Waals surface area contributed by atoms with Crippen LogP contribution < -0.4 is 14.9 Å². The molecule has 2 aliphatic rings. The number of hydrogen-bond donors (Lipinski definition) is 2. The molecule has 0 bridgehead atoms. The van der Waals surface area contributed by atoms with Crippen LogP contribution in [-0.4, -0.2) is 32.8 Å². The monoisotopic (exact) mass is 364 g/mol. The molecule has 0 aromatic carbocycles. The quantitative estimate of drug-likeness (QED) is 0.802. The molecule has 0 aliphatic carbocycles. The Morgan fingerprint density at radius 2 is 2.20 bits per heavy atom. The van der Waals surface area contributed by atoms with Crippen LogP contribution in [0.1, 0.15) is 75.1 Å². The van der Waals surface area contributed by atoms with E-state index in [1.807, 2.05) is 33.8 Å². The number of fused-ring (bicyclic) bond motifs is 1. The molecule has 1 aromatic heterocycles. The number of carbonyl (C=O) groups is 1. The van der Waals surface area contributed by atoms with Gasteiger partial charge in [-0.15, -0.1) is 4.72 Å². The summed E-state index contributed by atoms with van der Waals surface area (Å²) in [7, 11) is 0. The Bertz CT molecular complexity index is 674. The first-order valence-corrected chi connectivity index (χ1v) is 10.1. The van der Waals surface area contributed by atoms with Crippen LogP contribution in [0.25, 0.3) is 0 Å². The van der Waals surface area contributed by atoms with E-state index in [1.54, 1.807) is 0 Å². The molecule has 0 saturated carbocycles. The number of carbonyl (C=O) groups excluding carboxylic acids is 1. The van der Waals surface area contributed by atoms with Crippen molar-refractivity contribution in [3.63, 3.8) is 0 Å². The zero-order valence-corrected chi connectivity index (χ0v) is 16.5. The van der Waals surface area contributed by atoms with E-state index >= 15 is 0 Å². The molecule has 2 aliphatic heterocycles. The van der Waals surface area contributed by atoms with E-state index in [9.17, 15) is 9.35 Å². The second kappa shape index (κ2) is 6.78. The first-order valence-electron chi connectivity index (χ1n) is 8.95. The summed E-state index contributed by atoms with van der Waals surface area (Å²) in [6.07, 6.45) is 2.28. The lowest BCUT2D eigenvalue weighted by Gasteiger charge is -2.28. The van der Waals surface area contributed by atoms with Gasteiger partial charge in [0.25, 0.3) is 5.91 Å². The van der Waals surface area contributed by atoms with E-state index in [0.29, 0.717) is 18.2 Å². The van der Waals surface area contributed by atoms with Gasteiger partial charge < -0.3 is 14.8 Å². The molecule has 3 rings (SSSR count). The molecular formula is C18H28N4O2S. The van der Waals surface area contributed by atoms with E-state index < -0.39 is 11.4 Å². The Labute approximate surface area is 153 Å². The van der Waals surface area contributed by atoms with Gasteiger partial charge in [-0.25, -0.2) is 4.98 Å². The zero-order chi connectivity index (χ0) is 18.4. The van der Waals surface area contributed by atoms with Crippen LogP contribution in [0.5, 0.6) is 0 Å². The van der Waals surface area contributed by atoms with Gasteiger partial charge in [0.15, 0.2) is 0 Å². The molecule has 0 spiro atoms. The highest BCUT2D eigenvalue weighted by molar-refractivity contribution is 7.90. The number of nitrogens with one attached hydrogen (secondary N) is 2. The molecule has 7 heteroatoms. The molecule has 1 unspecified atom stereocenters. The Morgan fingerprint density at radius 3 is 2.80 bits per heavy atom. The first kappa shape index (κ1) is 18.5. The van der Waals surface area contributed by atoms with E-state index in [0.717, 1.165) is 36.5 Å². The highest BCUT2D eigenvalue weighted by Gasteiger charge is 2.33. The van der Waals surface area contributed by atoms with Gasteiger partial charge in [-0.2, -0.15) is 0 Å². The maximum Gasteiger partial charge on any atom is 0.252 e. The largest absolute Gasteiger partial charge is 0.598 e. The van der Waals surface area contributed by atoms with E-state index in [-0.39, 0.29) is 16.7 Å². The van der Waals surface area contributed by atoms with Gasteiger partial charge in [0.05, 0.1) is 11.7 Å². The van der Waals surface area contributed by atoms with Crippen LogP contribution in [0.4, 0.5) is 5.82 Å². The van der Waals surface area contributed by atoms with Crippen molar-refractivity contribution < 1.29 is 9.35 Å². The maximum absolute atomic E-state index is 12.5. The molecule has 2 N–H and O–H groups in total. The molecule has 3 atom stereocenters. The van der Waals surface area contributed by atoms with Crippen molar-refractivity contribution in [2.24, 2.45) is 0 Å². The van der Waals surface area contributed by atoms with E-state index in [4.69, 9.17) is 4.98 Å². The summed E-state index contributed by atoms with van der Waals surface area (Å²) in [5.74, 6) is 0.807. The third kappa shape index (κ3) is 3.64. The standard InChI is InChI=1S/C18H28N4O2S/c1-11-7-6-8-22(11)15-9-13-14(10-19-17(13)23)16(20-15)12(2)21-25(24)18(3,4)5/h9,11-12,21H,6-8,10H2,1-5H3,(H,19,23)/t11-,12?,25+/m1/s1. The molecular weight excluding hydrogens is 336 g/mol. The summed E-state index contributed by atoms with van der Waals surface area (Å²) in [6.45, 7) is 11.4. The molecule has 25 heavy (non-hydrogen) atoms. The Hall–Kier alpha value is -1.31. The maximum atomic E-state index is 12.5. The Morgan fingerprint density at radius 1 is 1.48 bits per heavy atom. The smallest absolute Gasteiger partial charge is 0.252 e. The minimum absolute atomic E-state index is 0.0455. The third-order valence-electron chi connectivity index (χ3n) is 4.91. The van der Waals surface area contributed by atoms with Gasteiger partial charge in [0.1, 0.15) is 10.6 Å². The molecule has 1 fully saturated rings. The molecule has 1 aromatic rings. The van der Waals surface area contributed by atoms with Crippen molar-refractivity contribution in [1.29, 1.82) is 0 Å². The van der Waals surface area contributed by atoms with Crippen LogP contribution >= 0.6 is 0 Å². The topological polar surface area (TPSA) is 80.3 Å². The summed E-state index contributed by atoms with van der Waals surface area (Å²) >= 11 is -1.20. The highest BCUT2D eigenvalue weighted by Crippen LogP contribution is 2.31. The molecule has 6 nitrogen and oxygen atoms in total.